The highest BCUT2D eigenvalue weighted by Gasteiger charge is 2.08. The van der Waals surface area contributed by atoms with E-state index in [1.54, 1.807) is 6.92 Å². The summed E-state index contributed by atoms with van der Waals surface area (Å²) in [6.45, 7) is 3.80. The predicted molar refractivity (Wildman–Crippen MR) is 67.2 cm³/mol. The van der Waals surface area contributed by atoms with Crippen LogP contribution in [0.15, 0.2) is 28.7 Å². The molecule has 0 saturated carbocycles. The Morgan fingerprint density at radius 3 is 2.67 bits per heavy atom. The van der Waals surface area contributed by atoms with E-state index in [0.717, 1.165) is 5.56 Å². The van der Waals surface area contributed by atoms with Crippen molar-refractivity contribution in [3.8, 4) is 0 Å². The summed E-state index contributed by atoms with van der Waals surface area (Å²) < 4.78 is 5.34. The van der Waals surface area contributed by atoms with Gasteiger partial charge in [0.05, 0.1) is 6.42 Å². The molecule has 18 heavy (non-hydrogen) atoms. The molecule has 0 bridgehead atoms. The van der Waals surface area contributed by atoms with Gasteiger partial charge in [-0.1, -0.05) is 41.9 Å². The van der Waals surface area contributed by atoms with Crippen molar-refractivity contribution in [2.24, 2.45) is 0 Å². The number of hydrogen-bond donors (Lipinski definition) is 1. The third kappa shape index (κ3) is 3.16. The molecule has 0 aliphatic rings. The minimum absolute atomic E-state index is 0.138. The molecule has 2 rings (SSSR count). The molecule has 1 heterocycles. The molecule has 0 radical (unpaired) electrons. The number of nitrogens with one attached hydrogen (secondary N) is 1. The van der Waals surface area contributed by atoms with Crippen molar-refractivity contribution in [3.63, 3.8) is 0 Å². The number of aromatic nitrogens is 2. The average molecular weight is 245 g/mol. The topological polar surface area (TPSA) is 68.0 Å². The Bertz CT molecular complexity index is 531. The zero-order valence-corrected chi connectivity index (χ0v) is 10.4. The summed E-state index contributed by atoms with van der Waals surface area (Å²) in [5.41, 5.74) is 2.30. The Morgan fingerprint density at radius 1 is 1.28 bits per heavy atom. The monoisotopic (exact) mass is 245 g/mol. The number of aryl methyl sites for hydroxylation is 1. The van der Waals surface area contributed by atoms with Crippen LogP contribution in [0.3, 0.4) is 0 Å². The van der Waals surface area contributed by atoms with E-state index in [-0.39, 0.29) is 11.9 Å². The summed E-state index contributed by atoms with van der Waals surface area (Å²) in [7, 11) is 0. The van der Waals surface area contributed by atoms with Gasteiger partial charge >= 0.3 is 6.01 Å². The van der Waals surface area contributed by atoms with Gasteiger partial charge in [-0.15, -0.1) is 5.10 Å². The van der Waals surface area contributed by atoms with Crippen LogP contribution in [-0.4, -0.2) is 16.1 Å². The molecule has 0 aliphatic carbocycles. The quantitative estimate of drug-likeness (QED) is 0.897. The third-order valence-corrected chi connectivity index (χ3v) is 2.51. The summed E-state index contributed by atoms with van der Waals surface area (Å²) in [6, 6.07) is 8.26. The summed E-state index contributed by atoms with van der Waals surface area (Å²) in [4.78, 5) is 11.1. The van der Waals surface area contributed by atoms with Gasteiger partial charge in [0.2, 0.25) is 11.8 Å². The maximum atomic E-state index is 11.1. The lowest BCUT2D eigenvalue weighted by Gasteiger charge is -1.98. The molecule has 5 heteroatoms. The average Bonchev–Trinajstić information content (AvgIpc) is 2.79. The van der Waals surface area contributed by atoms with Gasteiger partial charge in [0.15, 0.2) is 0 Å². The van der Waals surface area contributed by atoms with Crippen LogP contribution in [0.25, 0.3) is 0 Å². The molecule has 0 fully saturated rings. The summed E-state index contributed by atoms with van der Waals surface area (Å²) in [6.07, 6.45) is 0.949. The van der Waals surface area contributed by atoms with E-state index in [1.807, 2.05) is 31.2 Å². The van der Waals surface area contributed by atoms with E-state index in [1.165, 1.54) is 5.56 Å². The summed E-state index contributed by atoms with van der Waals surface area (Å²) >= 11 is 0. The standard InChI is InChI=1S/C13H15N3O2/c1-3-11(17)14-13-16-15-12(18-13)8-10-6-4-9(2)5-7-10/h4-7H,3,8H2,1-2H3,(H,14,16,17). The minimum Gasteiger partial charge on any atom is -0.407 e. The van der Waals surface area contributed by atoms with Crippen LogP contribution in [0.2, 0.25) is 0 Å². The molecule has 2 aromatic rings. The molecule has 1 N–H and O–H groups in total. The van der Waals surface area contributed by atoms with Crippen LogP contribution < -0.4 is 5.32 Å². The van der Waals surface area contributed by atoms with Crippen molar-refractivity contribution >= 4 is 11.9 Å². The number of carbonyl (C=O) groups excluding carboxylic acids is 1. The first-order valence-electron chi connectivity index (χ1n) is 5.85. The van der Waals surface area contributed by atoms with Gasteiger partial charge in [0.1, 0.15) is 0 Å². The second-order valence-electron chi connectivity index (χ2n) is 4.07. The summed E-state index contributed by atoms with van der Waals surface area (Å²) in [5, 5.41) is 10.2. The normalized spacial score (nSPS) is 10.3. The maximum absolute atomic E-state index is 11.1. The zero-order valence-electron chi connectivity index (χ0n) is 10.4. The first-order valence-corrected chi connectivity index (χ1v) is 5.85. The van der Waals surface area contributed by atoms with Crippen molar-refractivity contribution in [2.75, 3.05) is 5.32 Å². The number of nitrogens with zero attached hydrogens (tertiary/aromatic N) is 2. The van der Waals surface area contributed by atoms with E-state index < -0.39 is 0 Å². The number of hydrogen-bond acceptors (Lipinski definition) is 4. The van der Waals surface area contributed by atoms with Gasteiger partial charge in [-0.3, -0.25) is 10.1 Å². The van der Waals surface area contributed by atoms with E-state index in [9.17, 15) is 4.79 Å². The number of carbonyl (C=O) groups is 1. The lowest BCUT2D eigenvalue weighted by molar-refractivity contribution is -0.116. The van der Waals surface area contributed by atoms with Crippen molar-refractivity contribution in [1.29, 1.82) is 0 Å². The van der Waals surface area contributed by atoms with Gasteiger partial charge in [-0.05, 0) is 12.5 Å². The lowest BCUT2D eigenvalue weighted by atomic mass is 10.1. The fourth-order valence-corrected chi connectivity index (χ4v) is 1.46. The first kappa shape index (κ1) is 12.3. The van der Waals surface area contributed by atoms with Gasteiger partial charge in [0, 0.05) is 6.42 Å². The van der Waals surface area contributed by atoms with Crippen molar-refractivity contribution in [2.45, 2.75) is 26.7 Å². The second-order valence-corrected chi connectivity index (χ2v) is 4.07. The Kier molecular flexibility index (Phi) is 3.72. The number of anilines is 1. The SMILES string of the molecule is CCC(=O)Nc1nnc(Cc2ccc(C)cc2)o1. The Labute approximate surface area is 105 Å². The van der Waals surface area contributed by atoms with Crippen LogP contribution >= 0.6 is 0 Å². The summed E-state index contributed by atoms with van der Waals surface area (Å²) in [5.74, 6) is 0.353. The fourth-order valence-electron chi connectivity index (χ4n) is 1.46. The van der Waals surface area contributed by atoms with E-state index in [4.69, 9.17) is 4.42 Å². The number of amides is 1. The van der Waals surface area contributed by atoms with E-state index >= 15 is 0 Å². The largest absolute Gasteiger partial charge is 0.407 e. The molecule has 5 nitrogen and oxygen atoms in total. The molecule has 1 amide bonds. The molecule has 94 valence electrons. The zero-order chi connectivity index (χ0) is 13.0. The fraction of sp³-hybridized carbons (Fsp3) is 0.308. The van der Waals surface area contributed by atoms with Gasteiger partial charge in [-0.2, -0.15) is 0 Å². The Balaban J connectivity index is 2.02. The van der Waals surface area contributed by atoms with E-state index in [2.05, 4.69) is 15.5 Å². The molecule has 1 aromatic carbocycles. The molecule has 0 saturated heterocycles. The third-order valence-electron chi connectivity index (χ3n) is 2.51. The van der Waals surface area contributed by atoms with Gasteiger partial charge < -0.3 is 4.42 Å². The number of rotatable bonds is 4. The highest BCUT2D eigenvalue weighted by molar-refractivity contribution is 5.88. The highest BCUT2D eigenvalue weighted by atomic mass is 16.4. The highest BCUT2D eigenvalue weighted by Crippen LogP contribution is 2.12. The van der Waals surface area contributed by atoms with Gasteiger partial charge in [0.25, 0.3) is 0 Å². The molecular weight excluding hydrogens is 230 g/mol. The maximum Gasteiger partial charge on any atom is 0.322 e. The van der Waals surface area contributed by atoms with Crippen LogP contribution in [-0.2, 0) is 11.2 Å². The van der Waals surface area contributed by atoms with E-state index in [0.29, 0.717) is 18.7 Å². The van der Waals surface area contributed by atoms with Crippen LogP contribution in [0.4, 0.5) is 6.01 Å². The second kappa shape index (κ2) is 5.44. The number of benzene rings is 1. The molecule has 1 aromatic heterocycles. The van der Waals surface area contributed by atoms with Crippen LogP contribution in [0.1, 0.15) is 30.4 Å². The molecule has 0 atom stereocenters. The smallest absolute Gasteiger partial charge is 0.322 e. The van der Waals surface area contributed by atoms with Crippen molar-refractivity contribution in [1.82, 2.24) is 10.2 Å². The predicted octanol–water partition coefficient (Wildman–Crippen LogP) is 2.32. The van der Waals surface area contributed by atoms with Gasteiger partial charge in [-0.25, -0.2) is 0 Å². The first-order chi connectivity index (χ1) is 8.67. The Hall–Kier alpha value is -2.17. The molecule has 0 aliphatic heterocycles. The molecule has 0 unspecified atom stereocenters. The lowest BCUT2D eigenvalue weighted by Crippen LogP contribution is -2.09. The van der Waals surface area contributed by atoms with Crippen LogP contribution in [0, 0.1) is 6.92 Å². The molecule has 0 spiro atoms. The van der Waals surface area contributed by atoms with Crippen molar-refractivity contribution in [3.05, 3.63) is 41.3 Å². The van der Waals surface area contributed by atoms with Crippen molar-refractivity contribution < 1.29 is 9.21 Å². The molecular formula is C13H15N3O2. The van der Waals surface area contributed by atoms with Crippen LogP contribution in [0.5, 0.6) is 0 Å². The Morgan fingerprint density at radius 2 is 2.00 bits per heavy atom. The minimum atomic E-state index is -0.138.